The van der Waals surface area contributed by atoms with Gasteiger partial charge in [0.15, 0.2) is 0 Å². The zero-order valence-electron chi connectivity index (χ0n) is 25.0. The van der Waals surface area contributed by atoms with Crippen molar-refractivity contribution in [3.05, 3.63) is 112 Å². The summed E-state index contributed by atoms with van der Waals surface area (Å²) in [6, 6.07) is 22.9. The molecule has 0 saturated carbocycles. The van der Waals surface area contributed by atoms with Gasteiger partial charge in [0.1, 0.15) is 0 Å². The zero-order valence-corrected chi connectivity index (χ0v) is 30.5. The molecule has 4 aliphatic rings. The van der Waals surface area contributed by atoms with Crippen LogP contribution >= 0.6 is 24.8 Å². The topological polar surface area (TPSA) is 0 Å². The van der Waals surface area contributed by atoms with Crippen molar-refractivity contribution in [1.29, 1.82) is 0 Å². The van der Waals surface area contributed by atoms with E-state index in [2.05, 4.69) is 90.7 Å². The van der Waals surface area contributed by atoms with Crippen LogP contribution in [0.5, 0.6) is 0 Å². The van der Waals surface area contributed by atoms with Crippen LogP contribution in [-0.4, -0.2) is 6.88 Å². The number of halogens is 2. The number of allylic oxidation sites excluding steroid dienone is 8. The Labute approximate surface area is 258 Å². The van der Waals surface area contributed by atoms with Crippen LogP contribution in [0.3, 0.4) is 0 Å². The summed E-state index contributed by atoms with van der Waals surface area (Å²) in [5, 5.41) is 0. The molecule has 0 saturated heterocycles. The summed E-state index contributed by atoms with van der Waals surface area (Å²) < 4.78 is 9.44. The molecule has 4 aliphatic carbocycles. The Bertz CT molecular complexity index is 1350. The standard InChI is InChI=1S/2C17H19.2CH3.2ClH.H2Si.Zr/c2*1-13-11-15-9-5-6-10-16(17(15)12-13)14-7-3-2-4-8-14;;;;;;/h2*2-4,7-8,16H,5-6,9-10,12H2,1H3;2*1H3;2*1H;1H2;. The summed E-state index contributed by atoms with van der Waals surface area (Å²) in [6.45, 7) is 7.54. The van der Waals surface area contributed by atoms with E-state index in [-0.39, 0.29) is 24.8 Å². The van der Waals surface area contributed by atoms with E-state index in [0.29, 0.717) is 11.8 Å². The molecular formula is C36H48Cl2SiZr. The van der Waals surface area contributed by atoms with Gasteiger partial charge < -0.3 is 0 Å². The first kappa shape index (κ1) is 32.0. The van der Waals surface area contributed by atoms with Crippen molar-refractivity contribution in [3.8, 4) is 0 Å². The van der Waals surface area contributed by atoms with Crippen molar-refractivity contribution < 1.29 is 17.4 Å². The van der Waals surface area contributed by atoms with Crippen LogP contribution in [0.1, 0.15) is 101 Å². The molecule has 0 heterocycles. The maximum atomic E-state index is 2.81. The molecule has 0 N–H and O–H groups in total. The van der Waals surface area contributed by atoms with Crippen LogP contribution < -0.4 is 0 Å². The van der Waals surface area contributed by atoms with Gasteiger partial charge in [0.2, 0.25) is 0 Å². The minimum absolute atomic E-state index is 0. The van der Waals surface area contributed by atoms with E-state index in [1.54, 1.807) is 33.4 Å². The Kier molecular flexibility index (Phi) is 9.89. The fraction of sp³-hybridized carbons (Fsp3) is 0.444. The molecule has 40 heavy (non-hydrogen) atoms. The third-order valence-corrected chi connectivity index (χ3v) is 26.0. The molecule has 0 aromatic heterocycles. The molecular weight excluding hydrogens is 623 g/mol. The first-order valence-corrected chi connectivity index (χ1v) is 28.6. The Hall–Kier alpha value is -0.920. The van der Waals surface area contributed by atoms with Crippen molar-refractivity contribution in [1.82, 2.24) is 0 Å². The Morgan fingerprint density at radius 2 is 0.975 bits per heavy atom. The van der Waals surface area contributed by atoms with Gasteiger partial charge >= 0.3 is 235 Å². The predicted molar refractivity (Wildman–Crippen MR) is 179 cm³/mol. The molecule has 4 heteroatoms. The third-order valence-electron chi connectivity index (χ3n) is 10.3. The summed E-state index contributed by atoms with van der Waals surface area (Å²) in [5.74, 6) is 1.23. The molecule has 0 aliphatic heterocycles. The molecule has 0 spiro atoms. The second kappa shape index (κ2) is 12.4. The largest absolute Gasteiger partial charge is 0.147 e. The summed E-state index contributed by atoms with van der Waals surface area (Å²) in [5.41, 5.74) is 13.8. The number of hydrogen-bond acceptors (Lipinski definition) is 0. The molecule has 2 aromatic carbocycles. The molecule has 214 valence electrons. The van der Waals surface area contributed by atoms with Gasteiger partial charge in [0.05, 0.1) is 0 Å². The minimum atomic E-state index is -3.49. The quantitative estimate of drug-likeness (QED) is 0.284. The van der Waals surface area contributed by atoms with Crippen LogP contribution in [0.15, 0.2) is 101 Å². The van der Waals surface area contributed by atoms with E-state index >= 15 is 0 Å². The van der Waals surface area contributed by atoms with Gasteiger partial charge in [-0.1, -0.05) is 0 Å². The summed E-state index contributed by atoms with van der Waals surface area (Å²) in [6.07, 6.45) is 13.1. The molecule has 0 bridgehead atoms. The average Bonchev–Trinajstić information content (AvgIpc) is 3.24. The van der Waals surface area contributed by atoms with Crippen molar-refractivity contribution >= 4 is 31.7 Å². The molecule has 6 rings (SSSR count). The first-order valence-electron chi connectivity index (χ1n) is 15.3. The zero-order chi connectivity index (χ0) is 26.5. The first-order chi connectivity index (χ1) is 18.2. The summed E-state index contributed by atoms with van der Waals surface area (Å²) in [7, 11) is 0. The molecule has 0 amide bonds. The maximum absolute atomic E-state index is 3.49. The van der Waals surface area contributed by atoms with Gasteiger partial charge in [-0.15, -0.1) is 24.8 Å². The second-order valence-electron chi connectivity index (χ2n) is 13.8. The molecule has 0 nitrogen and oxygen atoms in total. The third kappa shape index (κ3) is 5.57. The number of rotatable bonds is 4. The van der Waals surface area contributed by atoms with E-state index in [0.717, 1.165) is 0 Å². The van der Waals surface area contributed by atoms with Crippen LogP contribution in [0, 0.1) is 0 Å². The van der Waals surface area contributed by atoms with Gasteiger partial charge in [-0.2, -0.15) is 0 Å². The van der Waals surface area contributed by atoms with Crippen molar-refractivity contribution in [2.24, 2.45) is 0 Å². The van der Waals surface area contributed by atoms with Crippen molar-refractivity contribution in [2.45, 2.75) is 99.2 Å². The maximum Gasteiger partial charge on any atom is -0.147 e. The monoisotopic (exact) mass is 668 g/mol. The van der Waals surface area contributed by atoms with Gasteiger partial charge in [-0.25, -0.2) is 0 Å². The van der Waals surface area contributed by atoms with Gasteiger partial charge in [0.25, 0.3) is 0 Å². The van der Waals surface area contributed by atoms with Crippen molar-refractivity contribution in [3.63, 3.8) is 0 Å². The number of hydrogen-bond donors (Lipinski definition) is 0. The normalized spacial score (nSPS) is 23.7. The van der Waals surface area contributed by atoms with E-state index < -0.39 is 17.4 Å². The van der Waals surface area contributed by atoms with Gasteiger partial charge in [-0.3, -0.25) is 0 Å². The molecule has 0 radical (unpaired) electrons. The SMILES string of the molecule is CC1=[C]([Zr]([CH3])([CH3])(=[SiH2])[C]2=C(C)CC3=C2CCCCC3c2ccccc2)C2=C(C1)C(c1ccccc1)CCCC2.Cl.Cl. The Morgan fingerprint density at radius 1 is 0.600 bits per heavy atom. The Morgan fingerprint density at radius 3 is 1.35 bits per heavy atom. The number of benzene rings is 2. The van der Waals surface area contributed by atoms with Gasteiger partial charge in [-0.05, 0) is 0 Å². The van der Waals surface area contributed by atoms with Crippen LogP contribution in [0.25, 0.3) is 0 Å². The molecule has 0 fully saturated rings. The average molecular weight is 671 g/mol. The predicted octanol–water partition coefficient (Wildman–Crippen LogP) is 10.8. The van der Waals surface area contributed by atoms with E-state index in [9.17, 15) is 0 Å². The van der Waals surface area contributed by atoms with E-state index in [1.165, 1.54) is 64.2 Å². The second-order valence-corrected chi connectivity index (χ2v) is 42.0. The smallest absolute Gasteiger partial charge is 0.147 e. The van der Waals surface area contributed by atoms with Gasteiger partial charge in [0, 0.05) is 0 Å². The fourth-order valence-corrected chi connectivity index (χ4v) is 29.3. The molecule has 2 atom stereocenters. The van der Waals surface area contributed by atoms with E-state index in [4.69, 9.17) is 0 Å². The van der Waals surface area contributed by atoms with Crippen LogP contribution in [0.2, 0.25) is 9.26 Å². The van der Waals surface area contributed by atoms with Crippen LogP contribution in [0.4, 0.5) is 0 Å². The Balaban J connectivity index is 0.00000185. The fourth-order valence-electron chi connectivity index (χ4n) is 9.25. The van der Waals surface area contributed by atoms with Crippen molar-refractivity contribution in [2.75, 3.05) is 0 Å². The summed E-state index contributed by atoms with van der Waals surface area (Å²) >= 11 is -3.49. The molecule has 2 unspecified atom stereocenters. The van der Waals surface area contributed by atoms with Crippen LogP contribution in [-0.2, 0) is 17.4 Å². The van der Waals surface area contributed by atoms with E-state index in [1.807, 2.05) is 17.7 Å². The summed E-state index contributed by atoms with van der Waals surface area (Å²) in [4.78, 5) is 0. The minimum Gasteiger partial charge on any atom is -0.147 e. The molecule has 2 aromatic rings.